The quantitative estimate of drug-likeness (QED) is 0.332. The molecular formula is C18H16F3N5O2S. The van der Waals surface area contributed by atoms with E-state index in [0.717, 1.165) is 4.90 Å². The van der Waals surface area contributed by atoms with Gasteiger partial charge < -0.3 is 10.6 Å². The van der Waals surface area contributed by atoms with Crippen molar-refractivity contribution < 1.29 is 22.8 Å². The van der Waals surface area contributed by atoms with Gasteiger partial charge in [-0.25, -0.2) is 9.69 Å². The Hall–Kier alpha value is -3.08. The van der Waals surface area contributed by atoms with Gasteiger partial charge in [-0.15, -0.1) is 0 Å². The molecule has 7 nitrogen and oxygen atoms in total. The van der Waals surface area contributed by atoms with Crippen molar-refractivity contribution in [1.82, 2.24) is 9.88 Å². The lowest BCUT2D eigenvalue weighted by Gasteiger charge is -2.20. The second-order valence-electron chi connectivity index (χ2n) is 6.25. The van der Waals surface area contributed by atoms with Crippen LogP contribution in [0.25, 0.3) is 0 Å². The van der Waals surface area contributed by atoms with Gasteiger partial charge >= 0.3 is 11.5 Å². The van der Waals surface area contributed by atoms with E-state index < -0.39 is 23.5 Å². The van der Waals surface area contributed by atoms with Crippen LogP contribution in [0.5, 0.6) is 0 Å². The molecule has 1 saturated heterocycles. The first-order valence-corrected chi connectivity index (χ1v) is 9.18. The fourth-order valence-corrected chi connectivity index (χ4v) is 3.47. The highest BCUT2D eigenvalue weighted by Crippen LogP contribution is 2.38. The molecule has 1 aliphatic heterocycles. The number of pyridine rings is 1. The van der Waals surface area contributed by atoms with E-state index in [0.29, 0.717) is 11.1 Å². The van der Waals surface area contributed by atoms with Crippen LogP contribution in [0.4, 0.5) is 23.7 Å². The standard InChI is InChI=1S/C18H16F3N5O2S/c1-10-16(27)26(12-2-4-13(5-3-12)29-18(19,20)21)17(28)25(10)9-11-6-7-24-8-14(11)15(22)23/h2-8,10H,9H2,1H3,(H3,22,23). The molecule has 0 saturated carbocycles. The fraction of sp³-hybridized carbons (Fsp3) is 0.222. The molecule has 2 aromatic rings. The summed E-state index contributed by atoms with van der Waals surface area (Å²) in [6.07, 6.45) is 2.89. The summed E-state index contributed by atoms with van der Waals surface area (Å²) in [5, 5.41) is 7.62. The number of nitrogens with two attached hydrogens (primary N) is 1. The minimum atomic E-state index is -4.43. The third-order valence-electron chi connectivity index (χ3n) is 4.35. The number of nitrogens with one attached hydrogen (secondary N) is 1. The number of hydrogen-bond acceptors (Lipinski definition) is 5. The number of anilines is 1. The fourth-order valence-electron chi connectivity index (χ4n) is 2.93. The average Bonchev–Trinajstić information content (AvgIpc) is 2.85. The normalized spacial score (nSPS) is 17.2. The van der Waals surface area contributed by atoms with Crippen molar-refractivity contribution in [3.63, 3.8) is 0 Å². The van der Waals surface area contributed by atoms with Gasteiger partial charge in [0, 0.05) is 29.4 Å². The monoisotopic (exact) mass is 423 g/mol. The molecule has 1 aliphatic rings. The third kappa shape index (κ3) is 4.34. The molecule has 2 heterocycles. The number of hydrogen-bond donors (Lipinski definition) is 2. The molecule has 1 aromatic heterocycles. The molecule has 152 valence electrons. The SMILES string of the molecule is CC1C(=O)N(c2ccc(SC(F)(F)F)cc2)C(=O)N1Cc1ccncc1C(=N)N. The predicted octanol–water partition coefficient (Wildman–Crippen LogP) is 3.33. The van der Waals surface area contributed by atoms with Crippen LogP contribution < -0.4 is 10.6 Å². The second kappa shape index (κ2) is 7.74. The Bertz CT molecular complexity index is 965. The Morgan fingerprint density at radius 3 is 2.48 bits per heavy atom. The van der Waals surface area contributed by atoms with Gasteiger partial charge in [-0.2, -0.15) is 13.2 Å². The first kappa shape index (κ1) is 20.6. The Morgan fingerprint density at radius 2 is 1.90 bits per heavy atom. The number of amides is 3. The number of nitrogens with zero attached hydrogens (tertiary/aromatic N) is 3. The van der Waals surface area contributed by atoms with E-state index in [1.54, 1.807) is 13.0 Å². The average molecular weight is 423 g/mol. The second-order valence-corrected chi connectivity index (χ2v) is 7.39. The van der Waals surface area contributed by atoms with Gasteiger partial charge in [0.1, 0.15) is 11.9 Å². The largest absolute Gasteiger partial charge is 0.446 e. The van der Waals surface area contributed by atoms with Crippen molar-refractivity contribution in [2.24, 2.45) is 5.73 Å². The maximum Gasteiger partial charge on any atom is 0.446 e. The molecule has 3 amide bonds. The van der Waals surface area contributed by atoms with Crippen molar-refractivity contribution >= 4 is 35.2 Å². The van der Waals surface area contributed by atoms with Gasteiger partial charge in [0.05, 0.1) is 5.69 Å². The van der Waals surface area contributed by atoms with E-state index in [2.05, 4.69) is 4.98 Å². The number of thioether (sulfide) groups is 1. The summed E-state index contributed by atoms with van der Waals surface area (Å²) in [6.45, 7) is 1.59. The van der Waals surface area contributed by atoms with E-state index in [1.807, 2.05) is 0 Å². The summed E-state index contributed by atoms with van der Waals surface area (Å²) >= 11 is -0.276. The maximum absolute atomic E-state index is 12.9. The molecule has 11 heteroatoms. The van der Waals surface area contributed by atoms with Crippen LogP contribution in [-0.4, -0.2) is 39.2 Å². The van der Waals surface area contributed by atoms with Gasteiger partial charge in [-0.1, -0.05) is 0 Å². The highest BCUT2D eigenvalue weighted by Gasteiger charge is 2.43. The summed E-state index contributed by atoms with van der Waals surface area (Å²) in [5.41, 5.74) is 2.21. The van der Waals surface area contributed by atoms with Crippen LogP contribution in [0.3, 0.4) is 0 Å². The molecule has 3 N–H and O–H groups in total. The summed E-state index contributed by atoms with van der Waals surface area (Å²) in [5.74, 6) is -0.710. The number of halogens is 3. The number of alkyl halides is 3. The zero-order valence-electron chi connectivity index (χ0n) is 15.1. The Morgan fingerprint density at radius 1 is 1.24 bits per heavy atom. The van der Waals surface area contributed by atoms with Crippen LogP contribution in [0.1, 0.15) is 18.1 Å². The molecule has 29 heavy (non-hydrogen) atoms. The number of carbonyl (C=O) groups is 2. The smallest absolute Gasteiger partial charge is 0.384 e. The lowest BCUT2D eigenvalue weighted by molar-refractivity contribution is -0.119. The van der Waals surface area contributed by atoms with Crippen LogP contribution in [-0.2, 0) is 11.3 Å². The number of nitrogen functional groups attached to an aromatic ring is 1. The first-order valence-electron chi connectivity index (χ1n) is 8.36. The minimum absolute atomic E-state index is 0.0294. The zero-order valence-corrected chi connectivity index (χ0v) is 15.9. The molecule has 3 rings (SSSR count). The Balaban J connectivity index is 1.84. The molecule has 1 aromatic carbocycles. The number of imide groups is 1. The molecule has 1 fully saturated rings. The molecule has 0 bridgehead atoms. The number of rotatable bonds is 5. The molecule has 1 atom stereocenters. The van der Waals surface area contributed by atoms with E-state index in [9.17, 15) is 22.8 Å². The molecule has 1 unspecified atom stereocenters. The number of benzene rings is 1. The van der Waals surface area contributed by atoms with Gasteiger partial charge in [0.25, 0.3) is 5.91 Å². The number of carbonyl (C=O) groups excluding carboxylic acids is 2. The number of amidine groups is 1. The maximum atomic E-state index is 12.9. The van der Waals surface area contributed by atoms with E-state index in [1.165, 1.54) is 41.6 Å². The molecular weight excluding hydrogens is 407 g/mol. The first-order chi connectivity index (χ1) is 13.6. The Labute approximate surface area is 168 Å². The van der Waals surface area contributed by atoms with Crippen LogP contribution in [0.15, 0.2) is 47.6 Å². The lowest BCUT2D eigenvalue weighted by Crippen LogP contribution is -2.34. The Kier molecular flexibility index (Phi) is 5.51. The topological polar surface area (TPSA) is 103 Å². The van der Waals surface area contributed by atoms with Crippen molar-refractivity contribution in [3.05, 3.63) is 53.9 Å². The highest BCUT2D eigenvalue weighted by molar-refractivity contribution is 8.00. The zero-order chi connectivity index (χ0) is 21.3. The van der Waals surface area contributed by atoms with E-state index >= 15 is 0 Å². The molecule has 0 spiro atoms. The molecule has 0 radical (unpaired) electrons. The lowest BCUT2D eigenvalue weighted by atomic mass is 10.1. The van der Waals surface area contributed by atoms with Gasteiger partial charge in [0.15, 0.2) is 0 Å². The summed E-state index contributed by atoms with van der Waals surface area (Å²) in [6, 6.07) is 5.22. The van der Waals surface area contributed by atoms with E-state index in [-0.39, 0.29) is 34.7 Å². The molecule has 0 aliphatic carbocycles. The van der Waals surface area contributed by atoms with Crippen molar-refractivity contribution in [2.45, 2.75) is 29.9 Å². The van der Waals surface area contributed by atoms with Gasteiger partial charge in [-0.05, 0) is 54.6 Å². The predicted molar refractivity (Wildman–Crippen MR) is 101 cm³/mol. The van der Waals surface area contributed by atoms with Crippen molar-refractivity contribution in [2.75, 3.05) is 4.90 Å². The number of aromatic nitrogens is 1. The minimum Gasteiger partial charge on any atom is -0.384 e. The number of urea groups is 1. The van der Waals surface area contributed by atoms with Gasteiger partial charge in [0.2, 0.25) is 0 Å². The van der Waals surface area contributed by atoms with E-state index in [4.69, 9.17) is 11.1 Å². The van der Waals surface area contributed by atoms with Crippen LogP contribution in [0.2, 0.25) is 0 Å². The summed E-state index contributed by atoms with van der Waals surface area (Å²) < 4.78 is 37.4. The van der Waals surface area contributed by atoms with Gasteiger partial charge in [-0.3, -0.25) is 15.2 Å². The van der Waals surface area contributed by atoms with Crippen molar-refractivity contribution in [3.8, 4) is 0 Å². The van der Waals surface area contributed by atoms with Crippen LogP contribution >= 0.6 is 11.8 Å². The summed E-state index contributed by atoms with van der Waals surface area (Å²) in [7, 11) is 0. The van der Waals surface area contributed by atoms with Crippen molar-refractivity contribution in [1.29, 1.82) is 5.41 Å². The summed E-state index contributed by atoms with van der Waals surface area (Å²) in [4.78, 5) is 31.6. The van der Waals surface area contributed by atoms with Crippen LogP contribution in [0, 0.1) is 5.41 Å². The third-order valence-corrected chi connectivity index (χ3v) is 5.09. The highest BCUT2D eigenvalue weighted by atomic mass is 32.2.